The van der Waals surface area contributed by atoms with E-state index >= 15 is 0 Å². The number of methoxy groups -OCH3 is 1. The first kappa shape index (κ1) is 13.1. The van der Waals surface area contributed by atoms with Crippen LogP contribution in [-0.4, -0.2) is 22.0 Å². The molecule has 98 valence electrons. The number of hydrogen-bond acceptors (Lipinski definition) is 4. The molecule has 5 nitrogen and oxygen atoms in total. The molecule has 1 heterocycles. The summed E-state index contributed by atoms with van der Waals surface area (Å²) in [5, 5.41) is 23.8. The van der Waals surface area contributed by atoms with Gasteiger partial charge in [-0.15, -0.1) is 0 Å². The molecule has 0 aliphatic heterocycles. The van der Waals surface area contributed by atoms with E-state index in [2.05, 4.69) is 11.2 Å². The zero-order valence-corrected chi connectivity index (χ0v) is 11.1. The Morgan fingerprint density at radius 2 is 2.21 bits per heavy atom. The fourth-order valence-corrected chi connectivity index (χ4v) is 2.15. The van der Waals surface area contributed by atoms with E-state index in [1.807, 2.05) is 0 Å². The number of benzene rings is 1. The fourth-order valence-electron chi connectivity index (χ4n) is 2.15. The summed E-state index contributed by atoms with van der Waals surface area (Å²) in [6, 6.07) is 8.93. The molecule has 1 aromatic heterocycles. The van der Waals surface area contributed by atoms with Gasteiger partial charge in [0.15, 0.2) is 5.75 Å². The van der Waals surface area contributed by atoms with Gasteiger partial charge in [0.2, 0.25) is 0 Å². The summed E-state index contributed by atoms with van der Waals surface area (Å²) in [7, 11) is 3.27. The maximum absolute atomic E-state index is 10.8. The molecule has 1 aromatic carbocycles. The van der Waals surface area contributed by atoms with E-state index in [1.54, 1.807) is 49.1 Å². The monoisotopic (exact) mass is 257 g/mol. The van der Waals surface area contributed by atoms with Crippen molar-refractivity contribution in [3.63, 3.8) is 0 Å². The molecule has 0 fully saturated rings. The second kappa shape index (κ2) is 4.75. The largest absolute Gasteiger partial charge is 0.493 e. The lowest BCUT2D eigenvalue weighted by Gasteiger charge is -2.25. The highest BCUT2D eigenvalue weighted by Gasteiger charge is 2.32. The van der Waals surface area contributed by atoms with Gasteiger partial charge in [-0.1, -0.05) is 12.1 Å². The average molecular weight is 257 g/mol. The average Bonchev–Trinajstić information content (AvgIpc) is 2.80. The number of aryl methyl sites for hydroxylation is 1. The molecule has 2 rings (SSSR count). The van der Waals surface area contributed by atoms with E-state index in [1.165, 1.54) is 7.11 Å². The van der Waals surface area contributed by atoms with E-state index in [0.717, 1.165) is 0 Å². The fraction of sp³-hybridized carbons (Fsp3) is 0.286. The van der Waals surface area contributed by atoms with Crippen LogP contribution < -0.4 is 4.74 Å². The number of aliphatic hydroxyl groups is 1. The van der Waals surface area contributed by atoms with Crippen molar-refractivity contribution in [2.45, 2.75) is 12.5 Å². The first-order chi connectivity index (χ1) is 9.00. The summed E-state index contributed by atoms with van der Waals surface area (Å²) in [6.45, 7) is 1.66. The van der Waals surface area contributed by atoms with Crippen molar-refractivity contribution in [1.82, 2.24) is 9.78 Å². The van der Waals surface area contributed by atoms with Crippen LogP contribution in [0.15, 0.2) is 30.5 Å². The third-order valence-electron chi connectivity index (χ3n) is 3.14. The number of aromatic nitrogens is 2. The molecular weight excluding hydrogens is 242 g/mol. The zero-order chi connectivity index (χ0) is 14.0. The molecule has 1 unspecified atom stereocenters. The Bertz CT molecular complexity index is 638. The number of rotatable bonds is 3. The third kappa shape index (κ3) is 2.18. The Labute approximate surface area is 111 Å². The summed E-state index contributed by atoms with van der Waals surface area (Å²) in [5.74, 6) is 0.509. The number of hydrogen-bond donors (Lipinski definition) is 1. The Morgan fingerprint density at radius 3 is 2.84 bits per heavy atom. The lowest BCUT2D eigenvalue weighted by atomic mass is 9.91. The number of nitriles is 1. The highest BCUT2D eigenvalue weighted by Crippen LogP contribution is 2.35. The minimum absolute atomic E-state index is 0.499. The van der Waals surface area contributed by atoms with Crippen molar-refractivity contribution < 1.29 is 9.84 Å². The van der Waals surface area contributed by atoms with Crippen LogP contribution in [0.25, 0.3) is 0 Å². The quantitative estimate of drug-likeness (QED) is 0.905. The molecule has 1 N–H and O–H groups in total. The summed E-state index contributed by atoms with van der Waals surface area (Å²) in [4.78, 5) is 0. The van der Waals surface area contributed by atoms with Crippen molar-refractivity contribution in [2.24, 2.45) is 7.05 Å². The van der Waals surface area contributed by atoms with E-state index in [9.17, 15) is 5.11 Å². The predicted octanol–water partition coefficient (Wildman–Crippen LogP) is 1.56. The van der Waals surface area contributed by atoms with Gasteiger partial charge in [-0.25, -0.2) is 0 Å². The van der Waals surface area contributed by atoms with E-state index in [4.69, 9.17) is 10.00 Å². The first-order valence-corrected chi connectivity index (χ1v) is 5.80. The predicted molar refractivity (Wildman–Crippen MR) is 69.6 cm³/mol. The highest BCUT2D eigenvalue weighted by atomic mass is 16.5. The molecule has 0 bridgehead atoms. The standard InChI is InChI=1S/C14H15N3O2/c1-14(18,11-6-4-5-10(7-11)8-15)13-12(19-3)9-16-17(13)2/h4-7,9,18H,1-3H3. The van der Waals surface area contributed by atoms with Crippen LogP contribution in [0, 0.1) is 11.3 Å². The van der Waals surface area contributed by atoms with Crippen LogP contribution >= 0.6 is 0 Å². The summed E-state index contributed by atoms with van der Waals surface area (Å²) in [6.07, 6.45) is 1.55. The van der Waals surface area contributed by atoms with Gasteiger partial charge >= 0.3 is 0 Å². The molecule has 5 heteroatoms. The maximum atomic E-state index is 10.8. The maximum Gasteiger partial charge on any atom is 0.163 e. The molecule has 0 aliphatic rings. The van der Waals surface area contributed by atoms with E-state index < -0.39 is 5.60 Å². The van der Waals surface area contributed by atoms with Gasteiger partial charge in [-0.3, -0.25) is 4.68 Å². The van der Waals surface area contributed by atoms with Crippen LogP contribution in [0.1, 0.15) is 23.7 Å². The molecule has 19 heavy (non-hydrogen) atoms. The second-order valence-corrected chi connectivity index (χ2v) is 4.45. The summed E-state index contributed by atoms with van der Waals surface area (Å²) >= 11 is 0. The van der Waals surface area contributed by atoms with E-state index in [0.29, 0.717) is 22.6 Å². The van der Waals surface area contributed by atoms with Gasteiger partial charge in [-0.2, -0.15) is 10.4 Å². The molecule has 0 aliphatic carbocycles. The lowest BCUT2D eigenvalue weighted by Crippen LogP contribution is -2.26. The van der Waals surface area contributed by atoms with Gasteiger partial charge in [-0.05, 0) is 24.6 Å². The minimum atomic E-state index is -1.29. The van der Waals surface area contributed by atoms with Crippen LogP contribution in [0.4, 0.5) is 0 Å². The molecule has 0 radical (unpaired) electrons. The molecule has 1 atom stereocenters. The van der Waals surface area contributed by atoms with Crippen molar-refractivity contribution >= 4 is 0 Å². The van der Waals surface area contributed by atoms with Gasteiger partial charge in [0.25, 0.3) is 0 Å². The Hall–Kier alpha value is -2.32. The molecule has 0 spiro atoms. The Kier molecular flexibility index (Phi) is 3.28. The smallest absolute Gasteiger partial charge is 0.163 e. The number of nitrogens with zero attached hydrogens (tertiary/aromatic N) is 3. The van der Waals surface area contributed by atoms with Gasteiger partial charge in [0.1, 0.15) is 11.3 Å². The van der Waals surface area contributed by atoms with Gasteiger partial charge in [0, 0.05) is 7.05 Å². The van der Waals surface area contributed by atoms with Gasteiger partial charge < -0.3 is 9.84 Å². The van der Waals surface area contributed by atoms with Crippen molar-refractivity contribution in [2.75, 3.05) is 7.11 Å². The molecule has 0 saturated heterocycles. The minimum Gasteiger partial charge on any atom is -0.493 e. The first-order valence-electron chi connectivity index (χ1n) is 5.80. The van der Waals surface area contributed by atoms with Crippen LogP contribution in [0.2, 0.25) is 0 Å². The Balaban J connectivity index is 2.58. The molecule has 0 amide bonds. The second-order valence-electron chi connectivity index (χ2n) is 4.45. The third-order valence-corrected chi connectivity index (χ3v) is 3.14. The van der Waals surface area contributed by atoms with Crippen molar-refractivity contribution in [3.8, 4) is 11.8 Å². The molecule has 0 saturated carbocycles. The summed E-state index contributed by atoms with van der Waals surface area (Å²) < 4.78 is 6.79. The molecule has 2 aromatic rings. The summed E-state index contributed by atoms with van der Waals surface area (Å²) in [5.41, 5.74) is 0.376. The van der Waals surface area contributed by atoms with Crippen molar-refractivity contribution in [1.29, 1.82) is 5.26 Å². The Morgan fingerprint density at radius 1 is 1.47 bits per heavy atom. The zero-order valence-electron chi connectivity index (χ0n) is 11.1. The van der Waals surface area contributed by atoms with Gasteiger partial charge in [0.05, 0.1) is 24.9 Å². The molecular formula is C14H15N3O2. The highest BCUT2D eigenvalue weighted by molar-refractivity contribution is 5.42. The normalized spacial score (nSPS) is 13.6. The lowest BCUT2D eigenvalue weighted by molar-refractivity contribution is 0.0897. The topological polar surface area (TPSA) is 71.1 Å². The van der Waals surface area contributed by atoms with E-state index in [-0.39, 0.29) is 0 Å². The van der Waals surface area contributed by atoms with Crippen LogP contribution in [0.3, 0.4) is 0 Å². The van der Waals surface area contributed by atoms with Crippen LogP contribution in [0.5, 0.6) is 5.75 Å². The van der Waals surface area contributed by atoms with Crippen molar-refractivity contribution in [3.05, 3.63) is 47.3 Å². The number of ether oxygens (including phenoxy) is 1. The van der Waals surface area contributed by atoms with Crippen LogP contribution in [-0.2, 0) is 12.6 Å². The SMILES string of the molecule is COc1cnn(C)c1C(C)(O)c1cccc(C#N)c1.